The minimum atomic E-state index is -3.01. The molecule has 0 fully saturated rings. The van der Waals surface area contributed by atoms with E-state index >= 15 is 0 Å². The molecular formula is C32H36O7S. The molecule has 0 bridgehead atoms. The van der Waals surface area contributed by atoms with Crippen molar-refractivity contribution in [2.45, 2.75) is 51.6 Å². The van der Waals surface area contributed by atoms with Crippen molar-refractivity contribution in [3.05, 3.63) is 76.3 Å². The van der Waals surface area contributed by atoms with Gasteiger partial charge in [-0.2, -0.15) is 0 Å². The maximum atomic E-state index is 11.7. The number of benzene rings is 3. The number of rotatable bonds is 10. The van der Waals surface area contributed by atoms with Gasteiger partial charge in [0.15, 0.2) is 0 Å². The van der Waals surface area contributed by atoms with Crippen LogP contribution < -0.4 is 14.2 Å². The Labute approximate surface area is 236 Å². The predicted molar refractivity (Wildman–Crippen MR) is 154 cm³/mol. The summed E-state index contributed by atoms with van der Waals surface area (Å²) in [5, 5.41) is 0. The fourth-order valence-electron chi connectivity index (χ4n) is 5.82. The first-order chi connectivity index (χ1) is 19.1. The molecule has 0 N–H and O–H groups in total. The molecule has 2 aliphatic rings. The second-order valence-corrected chi connectivity index (χ2v) is 13.0. The Morgan fingerprint density at radius 1 is 1.07 bits per heavy atom. The Kier molecular flexibility index (Phi) is 8.08. The third-order valence-electron chi connectivity index (χ3n) is 7.81. The number of fused-ring (bicyclic) bond motifs is 2. The van der Waals surface area contributed by atoms with E-state index < -0.39 is 9.84 Å². The fraction of sp³-hybridized carbons (Fsp3) is 0.406. The van der Waals surface area contributed by atoms with E-state index in [0.717, 1.165) is 52.3 Å². The molecule has 8 heteroatoms. The third kappa shape index (κ3) is 5.97. The normalized spacial score (nSPS) is 17.6. The number of sulfone groups is 1. The van der Waals surface area contributed by atoms with Crippen LogP contribution in [0.5, 0.6) is 17.2 Å². The topological polar surface area (TPSA) is 88.1 Å². The highest BCUT2D eigenvalue weighted by atomic mass is 32.2. The zero-order valence-corrected chi connectivity index (χ0v) is 24.3. The highest BCUT2D eigenvalue weighted by Gasteiger charge is 2.30. The molecule has 1 aliphatic carbocycles. The van der Waals surface area contributed by atoms with Gasteiger partial charge in [0.1, 0.15) is 33.2 Å². The number of hydrogen-bond donors (Lipinski definition) is 0. The van der Waals surface area contributed by atoms with Crippen molar-refractivity contribution >= 4 is 15.8 Å². The molecule has 1 heterocycles. The Morgan fingerprint density at radius 2 is 1.90 bits per heavy atom. The summed E-state index contributed by atoms with van der Waals surface area (Å²) in [6, 6.07) is 16.3. The van der Waals surface area contributed by atoms with E-state index in [0.29, 0.717) is 26.1 Å². The van der Waals surface area contributed by atoms with Gasteiger partial charge in [0, 0.05) is 23.8 Å². The zero-order valence-electron chi connectivity index (χ0n) is 23.5. The van der Waals surface area contributed by atoms with Gasteiger partial charge in [0.05, 0.1) is 32.5 Å². The number of carbonyl (C=O) groups is 1. The van der Waals surface area contributed by atoms with E-state index in [-0.39, 0.29) is 23.7 Å². The van der Waals surface area contributed by atoms with Crippen molar-refractivity contribution < 1.29 is 32.2 Å². The van der Waals surface area contributed by atoms with Crippen LogP contribution in [0.3, 0.4) is 0 Å². The Morgan fingerprint density at radius 3 is 2.67 bits per heavy atom. The lowest BCUT2D eigenvalue weighted by Crippen LogP contribution is -2.09. The molecule has 5 rings (SSSR count). The van der Waals surface area contributed by atoms with E-state index in [9.17, 15) is 13.2 Å². The van der Waals surface area contributed by atoms with E-state index in [1.807, 2.05) is 24.3 Å². The van der Waals surface area contributed by atoms with E-state index in [1.165, 1.54) is 30.1 Å². The SMILES string of the molecule is COC(=O)C[C@@H]1COc2cc(O[C@@H]3CCc4c(-c5c(C)ccc(OCCCS(C)(=O)=O)c5C)cccc43)ccc21. The van der Waals surface area contributed by atoms with Crippen molar-refractivity contribution in [2.24, 2.45) is 0 Å². The zero-order chi connectivity index (χ0) is 28.4. The van der Waals surface area contributed by atoms with Gasteiger partial charge < -0.3 is 18.9 Å². The molecule has 0 radical (unpaired) electrons. The van der Waals surface area contributed by atoms with Gasteiger partial charge in [0.25, 0.3) is 0 Å². The largest absolute Gasteiger partial charge is 0.493 e. The average Bonchev–Trinajstić information content (AvgIpc) is 3.51. The minimum absolute atomic E-state index is 0.00262. The maximum Gasteiger partial charge on any atom is 0.306 e. The predicted octanol–water partition coefficient (Wildman–Crippen LogP) is 5.89. The number of carbonyl (C=O) groups excluding carboxylic acids is 1. The standard InChI is InChI=1S/C32H36O7S/c1-20-9-13-28(37-15-6-16-40(4,34)35)21(2)32(20)27-8-5-7-26-25(27)12-14-29(26)39-23-10-11-24-22(17-31(33)36-3)19-38-30(24)18-23/h5,7-11,13,18,22,29H,6,12,14-17,19H2,1-4H3/t22-,29-/m1/s1. The van der Waals surface area contributed by atoms with Crippen LogP contribution in [0.2, 0.25) is 0 Å². The van der Waals surface area contributed by atoms with Crippen molar-refractivity contribution in [3.63, 3.8) is 0 Å². The van der Waals surface area contributed by atoms with Crippen molar-refractivity contribution in [3.8, 4) is 28.4 Å². The van der Waals surface area contributed by atoms with Crippen LogP contribution in [0.25, 0.3) is 11.1 Å². The molecule has 0 unspecified atom stereocenters. The van der Waals surface area contributed by atoms with Gasteiger partial charge in [-0.1, -0.05) is 30.3 Å². The van der Waals surface area contributed by atoms with Crippen LogP contribution in [-0.2, 0) is 25.8 Å². The molecule has 0 aromatic heterocycles. The Bertz CT molecular complexity index is 1530. The molecular weight excluding hydrogens is 528 g/mol. The smallest absolute Gasteiger partial charge is 0.306 e. The van der Waals surface area contributed by atoms with Crippen LogP contribution in [0.4, 0.5) is 0 Å². The van der Waals surface area contributed by atoms with Crippen LogP contribution in [0.15, 0.2) is 48.5 Å². The molecule has 0 saturated carbocycles. The Balaban J connectivity index is 1.35. The quantitative estimate of drug-likeness (QED) is 0.224. The fourth-order valence-corrected chi connectivity index (χ4v) is 6.47. The first-order valence-electron chi connectivity index (χ1n) is 13.7. The van der Waals surface area contributed by atoms with Crippen molar-refractivity contribution in [2.75, 3.05) is 32.3 Å². The lowest BCUT2D eigenvalue weighted by Gasteiger charge is -2.19. The second kappa shape index (κ2) is 11.5. The van der Waals surface area contributed by atoms with Crippen LogP contribution in [-0.4, -0.2) is 46.7 Å². The van der Waals surface area contributed by atoms with Crippen LogP contribution >= 0.6 is 0 Å². The minimum Gasteiger partial charge on any atom is -0.493 e. The summed E-state index contributed by atoms with van der Waals surface area (Å²) in [7, 11) is -1.61. The summed E-state index contributed by atoms with van der Waals surface area (Å²) >= 11 is 0. The molecule has 0 spiro atoms. The first kappa shape index (κ1) is 28.0. The van der Waals surface area contributed by atoms with Gasteiger partial charge in [-0.3, -0.25) is 4.79 Å². The summed E-state index contributed by atoms with van der Waals surface area (Å²) in [6.07, 6.45) is 3.70. The molecule has 3 aromatic rings. The summed E-state index contributed by atoms with van der Waals surface area (Å²) in [5.41, 5.74) is 8.02. The average molecular weight is 565 g/mol. The Hall–Kier alpha value is -3.52. The van der Waals surface area contributed by atoms with E-state index in [4.69, 9.17) is 18.9 Å². The van der Waals surface area contributed by atoms with Crippen LogP contribution in [0.1, 0.15) is 59.1 Å². The second-order valence-electron chi connectivity index (χ2n) is 10.7. The van der Waals surface area contributed by atoms with Crippen molar-refractivity contribution in [1.82, 2.24) is 0 Å². The number of esters is 1. The summed E-state index contributed by atoms with van der Waals surface area (Å²) < 4.78 is 46.1. The van der Waals surface area contributed by atoms with E-state index in [2.05, 4.69) is 38.1 Å². The van der Waals surface area contributed by atoms with Gasteiger partial charge >= 0.3 is 5.97 Å². The number of ether oxygens (including phenoxy) is 4. The van der Waals surface area contributed by atoms with Gasteiger partial charge in [-0.05, 0) is 78.6 Å². The molecule has 212 valence electrons. The van der Waals surface area contributed by atoms with E-state index in [1.54, 1.807) is 0 Å². The molecule has 40 heavy (non-hydrogen) atoms. The summed E-state index contributed by atoms with van der Waals surface area (Å²) in [5.74, 6) is 2.16. The lowest BCUT2D eigenvalue weighted by atomic mass is 9.90. The first-order valence-corrected chi connectivity index (χ1v) is 15.7. The maximum absolute atomic E-state index is 11.7. The molecule has 3 aromatic carbocycles. The molecule has 7 nitrogen and oxygen atoms in total. The molecule has 1 aliphatic heterocycles. The third-order valence-corrected chi connectivity index (χ3v) is 8.84. The monoisotopic (exact) mass is 564 g/mol. The lowest BCUT2D eigenvalue weighted by molar-refractivity contribution is -0.141. The van der Waals surface area contributed by atoms with Gasteiger partial charge in [-0.15, -0.1) is 0 Å². The molecule has 0 saturated heterocycles. The number of aryl methyl sites for hydroxylation is 1. The van der Waals surface area contributed by atoms with Crippen molar-refractivity contribution in [1.29, 1.82) is 0 Å². The highest BCUT2D eigenvalue weighted by molar-refractivity contribution is 7.90. The molecule has 2 atom stereocenters. The highest BCUT2D eigenvalue weighted by Crippen LogP contribution is 2.44. The van der Waals surface area contributed by atoms with Gasteiger partial charge in [0.2, 0.25) is 0 Å². The summed E-state index contributed by atoms with van der Waals surface area (Å²) in [6.45, 7) is 4.99. The number of hydrogen-bond acceptors (Lipinski definition) is 7. The van der Waals surface area contributed by atoms with Crippen LogP contribution in [0, 0.1) is 13.8 Å². The summed E-state index contributed by atoms with van der Waals surface area (Å²) in [4.78, 5) is 11.7. The number of methoxy groups -OCH3 is 1. The molecule has 0 amide bonds. The van der Waals surface area contributed by atoms with Gasteiger partial charge in [-0.25, -0.2) is 8.42 Å².